The van der Waals surface area contributed by atoms with Crippen molar-refractivity contribution in [3.8, 4) is 11.5 Å². The quantitative estimate of drug-likeness (QED) is 0.684. The Morgan fingerprint density at radius 2 is 1.37 bits per heavy atom. The third-order valence-corrected chi connectivity index (χ3v) is 4.44. The van der Waals surface area contributed by atoms with E-state index in [1.807, 2.05) is 36.4 Å². The molecule has 2 aromatic carbocycles. The second-order valence-corrected chi connectivity index (χ2v) is 5.85. The first-order chi connectivity index (χ1) is 9.18. The van der Waals surface area contributed by atoms with Gasteiger partial charge in [0.2, 0.25) is 0 Å². The molecule has 0 bridgehead atoms. The Hall–Kier alpha value is -1.47. The number of ether oxygens (including phenoxy) is 1. The van der Waals surface area contributed by atoms with Crippen molar-refractivity contribution >= 4 is 11.6 Å². The molecule has 0 aromatic heterocycles. The Kier molecular flexibility index (Phi) is 3.24. The number of hydrogen-bond donors (Lipinski definition) is 0. The predicted octanol–water partition coefficient (Wildman–Crippen LogP) is 5.19. The van der Waals surface area contributed by atoms with Crippen LogP contribution < -0.4 is 4.74 Å². The third kappa shape index (κ3) is 2.12. The minimum Gasteiger partial charge on any atom is -0.457 e. The van der Waals surface area contributed by atoms with Crippen molar-refractivity contribution in [3.63, 3.8) is 0 Å². The summed E-state index contributed by atoms with van der Waals surface area (Å²) in [6.45, 7) is 4.33. The van der Waals surface area contributed by atoms with Gasteiger partial charge in [0.1, 0.15) is 11.5 Å². The van der Waals surface area contributed by atoms with Crippen LogP contribution in [0.4, 0.5) is 0 Å². The molecule has 0 saturated carbocycles. The molecule has 1 atom stereocenters. The average Bonchev–Trinajstić information content (AvgIpc) is 2.43. The van der Waals surface area contributed by atoms with Gasteiger partial charge < -0.3 is 4.74 Å². The molecular formula is C17H17ClO. The number of halogens is 1. The van der Waals surface area contributed by atoms with Crippen LogP contribution in [0.15, 0.2) is 48.5 Å². The molecule has 1 heterocycles. The molecule has 19 heavy (non-hydrogen) atoms. The van der Waals surface area contributed by atoms with Crippen LogP contribution in [0.5, 0.6) is 11.5 Å². The van der Waals surface area contributed by atoms with Gasteiger partial charge in [-0.15, -0.1) is 11.6 Å². The van der Waals surface area contributed by atoms with Gasteiger partial charge in [0.25, 0.3) is 0 Å². The van der Waals surface area contributed by atoms with Crippen LogP contribution in [-0.2, 0) is 0 Å². The van der Waals surface area contributed by atoms with Gasteiger partial charge in [0.15, 0.2) is 0 Å². The first kappa shape index (κ1) is 12.6. The van der Waals surface area contributed by atoms with Crippen LogP contribution in [0.3, 0.4) is 0 Å². The van der Waals surface area contributed by atoms with Crippen molar-refractivity contribution in [2.24, 2.45) is 5.92 Å². The lowest BCUT2D eigenvalue weighted by molar-refractivity contribution is 0.428. The van der Waals surface area contributed by atoms with Gasteiger partial charge in [-0.05, 0) is 18.1 Å². The Balaban J connectivity index is 2.16. The zero-order valence-electron chi connectivity index (χ0n) is 11.1. The van der Waals surface area contributed by atoms with Crippen LogP contribution in [-0.4, -0.2) is 5.38 Å². The van der Waals surface area contributed by atoms with Gasteiger partial charge in [-0.25, -0.2) is 0 Å². The molecule has 0 fully saturated rings. The van der Waals surface area contributed by atoms with Gasteiger partial charge in [0, 0.05) is 22.4 Å². The van der Waals surface area contributed by atoms with Crippen molar-refractivity contribution in [2.75, 3.05) is 0 Å². The molecule has 1 nitrogen and oxygen atoms in total. The van der Waals surface area contributed by atoms with E-state index in [2.05, 4.69) is 26.0 Å². The normalized spacial score (nSPS) is 15.6. The van der Waals surface area contributed by atoms with Crippen molar-refractivity contribution in [1.82, 2.24) is 0 Å². The number of rotatable bonds is 2. The maximum atomic E-state index is 6.69. The van der Waals surface area contributed by atoms with E-state index >= 15 is 0 Å². The van der Waals surface area contributed by atoms with E-state index in [0.717, 1.165) is 11.5 Å². The molecule has 1 aliphatic heterocycles. The summed E-state index contributed by atoms with van der Waals surface area (Å²) < 4.78 is 5.98. The smallest absolute Gasteiger partial charge is 0.131 e. The van der Waals surface area contributed by atoms with E-state index in [0.29, 0.717) is 5.92 Å². The van der Waals surface area contributed by atoms with E-state index in [-0.39, 0.29) is 11.3 Å². The van der Waals surface area contributed by atoms with Gasteiger partial charge in [-0.1, -0.05) is 50.2 Å². The topological polar surface area (TPSA) is 9.23 Å². The first-order valence-electron chi connectivity index (χ1n) is 6.68. The molecule has 0 spiro atoms. The Morgan fingerprint density at radius 3 is 1.84 bits per heavy atom. The molecule has 2 heteroatoms. The van der Waals surface area contributed by atoms with Crippen LogP contribution in [0.25, 0.3) is 0 Å². The fourth-order valence-electron chi connectivity index (χ4n) is 2.67. The van der Waals surface area contributed by atoms with Crippen LogP contribution in [0, 0.1) is 5.92 Å². The number of hydrogen-bond acceptors (Lipinski definition) is 1. The molecule has 98 valence electrons. The van der Waals surface area contributed by atoms with Crippen LogP contribution in [0.2, 0.25) is 0 Å². The Bertz CT molecular complexity index is 546. The third-order valence-electron chi connectivity index (χ3n) is 3.68. The summed E-state index contributed by atoms with van der Waals surface area (Å²) in [7, 11) is 0. The van der Waals surface area contributed by atoms with Gasteiger partial charge in [-0.3, -0.25) is 0 Å². The highest BCUT2D eigenvalue weighted by atomic mass is 35.5. The molecule has 2 aromatic rings. The summed E-state index contributed by atoms with van der Waals surface area (Å²) >= 11 is 6.69. The Morgan fingerprint density at radius 1 is 0.895 bits per heavy atom. The molecule has 1 aliphatic rings. The fourth-order valence-corrected chi connectivity index (χ4v) is 2.95. The van der Waals surface area contributed by atoms with Crippen molar-refractivity contribution in [1.29, 1.82) is 0 Å². The highest BCUT2D eigenvalue weighted by Gasteiger charge is 2.33. The van der Waals surface area contributed by atoms with E-state index in [4.69, 9.17) is 16.3 Å². The van der Waals surface area contributed by atoms with Crippen molar-refractivity contribution in [2.45, 2.75) is 25.1 Å². The molecule has 0 N–H and O–H groups in total. The van der Waals surface area contributed by atoms with Gasteiger partial charge >= 0.3 is 0 Å². The molecule has 3 rings (SSSR count). The van der Waals surface area contributed by atoms with Gasteiger partial charge in [0.05, 0.1) is 0 Å². The van der Waals surface area contributed by atoms with E-state index in [1.165, 1.54) is 11.1 Å². The predicted molar refractivity (Wildman–Crippen MR) is 79.3 cm³/mol. The lowest BCUT2D eigenvalue weighted by Gasteiger charge is -2.32. The standard InChI is InChI=1S/C17H17ClO/c1-11(2)17(18)16-12-7-3-5-9-14(12)19-15-10-6-4-8-13(15)16/h3-11,16-17H,1-2H3. The molecule has 0 amide bonds. The van der Waals surface area contributed by atoms with E-state index < -0.39 is 0 Å². The molecule has 0 aliphatic carbocycles. The number of para-hydroxylation sites is 2. The average molecular weight is 273 g/mol. The summed E-state index contributed by atoms with van der Waals surface area (Å²) in [4.78, 5) is 0. The summed E-state index contributed by atoms with van der Waals surface area (Å²) in [5.41, 5.74) is 2.38. The minimum absolute atomic E-state index is 0.0613. The summed E-state index contributed by atoms with van der Waals surface area (Å²) in [5.74, 6) is 2.46. The summed E-state index contributed by atoms with van der Waals surface area (Å²) in [6, 6.07) is 16.4. The largest absolute Gasteiger partial charge is 0.457 e. The summed E-state index contributed by atoms with van der Waals surface area (Å²) in [6.07, 6.45) is 0. The van der Waals surface area contributed by atoms with Crippen molar-refractivity contribution < 1.29 is 4.74 Å². The second-order valence-electron chi connectivity index (χ2n) is 5.34. The highest BCUT2D eigenvalue weighted by Crippen LogP contribution is 2.47. The van der Waals surface area contributed by atoms with E-state index in [1.54, 1.807) is 0 Å². The maximum Gasteiger partial charge on any atom is 0.131 e. The minimum atomic E-state index is 0.0613. The first-order valence-corrected chi connectivity index (χ1v) is 7.12. The van der Waals surface area contributed by atoms with Gasteiger partial charge in [-0.2, -0.15) is 0 Å². The molecular weight excluding hydrogens is 256 g/mol. The molecule has 0 saturated heterocycles. The zero-order valence-corrected chi connectivity index (χ0v) is 11.9. The van der Waals surface area contributed by atoms with Crippen molar-refractivity contribution in [3.05, 3.63) is 59.7 Å². The number of benzene rings is 2. The lowest BCUT2D eigenvalue weighted by Crippen LogP contribution is -2.23. The fraction of sp³-hybridized carbons (Fsp3) is 0.294. The maximum absolute atomic E-state index is 6.69. The Labute approximate surface area is 119 Å². The number of alkyl halides is 1. The van der Waals surface area contributed by atoms with Crippen LogP contribution in [0.1, 0.15) is 30.9 Å². The SMILES string of the molecule is CC(C)C(Cl)C1c2ccccc2Oc2ccccc21. The molecule has 1 unspecified atom stereocenters. The van der Waals surface area contributed by atoms with E-state index in [9.17, 15) is 0 Å². The zero-order chi connectivity index (χ0) is 13.4. The summed E-state index contributed by atoms with van der Waals surface area (Å²) in [5, 5.41) is 0.0613. The van der Waals surface area contributed by atoms with Crippen LogP contribution >= 0.6 is 11.6 Å². The number of fused-ring (bicyclic) bond motifs is 2. The highest BCUT2D eigenvalue weighted by molar-refractivity contribution is 6.21. The monoisotopic (exact) mass is 272 g/mol. The molecule has 0 radical (unpaired) electrons. The second kappa shape index (κ2) is 4.90. The lowest BCUT2D eigenvalue weighted by atomic mass is 9.82.